The number of methoxy groups -OCH3 is 1. The molecule has 0 aromatic heterocycles. The molecule has 0 saturated heterocycles. The van der Waals surface area contributed by atoms with Crippen molar-refractivity contribution in [1.29, 1.82) is 0 Å². The first-order valence-corrected chi connectivity index (χ1v) is 4.15. The second-order valence-corrected chi connectivity index (χ2v) is 2.98. The lowest BCUT2D eigenvalue weighted by molar-refractivity contribution is -0.143. The molecule has 0 rings (SSSR count). The molecular formula is C6H12INO2. The number of nitrogens with one attached hydrogen (secondary N) is 1. The van der Waals surface area contributed by atoms with Crippen LogP contribution in [0.15, 0.2) is 0 Å². The zero-order valence-electron chi connectivity index (χ0n) is 6.35. The van der Waals surface area contributed by atoms with Gasteiger partial charge in [-0.1, -0.05) is 13.8 Å². The van der Waals surface area contributed by atoms with E-state index in [-0.39, 0.29) is 17.9 Å². The van der Waals surface area contributed by atoms with Gasteiger partial charge in [0.15, 0.2) is 0 Å². The van der Waals surface area contributed by atoms with Crippen LogP contribution >= 0.6 is 22.9 Å². The van der Waals surface area contributed by atoms with Crippen molar-refractivity contribution in [3.05, 3.63) is 0 Å². The highest BCUT2D eigenvalue weighted by Gasteiger charge is 2.20. The zero-order valence-corrected chi connectivity index (χ0v) is 8.51. The van der Waals surface area contributed by atoms with Crippen LogP contribution < -0.4 is 3.53 Å². The molecule has 60 valence electrons. The summed E-state index contributed by atoms with van der Waals surface area (Å²) < 4.78 is 7.41. The maximum Gasteiger partial charge on any atom is 0.323 e. The number of ether oxygens (including phenoxy) is 1. The van der Waals surface area contributed by atoms with Crippen LogP contribution in [0.25, 0.3) is 0 Å². The van der Waals surface area contributed by atoms with E-state index in [4.69, 9.17) is 0 Å². The SMILES string of the molecule is COC(=O)[C@@H](NI)C(C)C. The number of esters is 1. The maximum atomic E-state index is 10.9. The zero-order chi connectivity index (χ0) is 8.15. The molecule has 0 heterocycles. The van der Waals surface area contributed by atoms with Crippen molar-refractivity contribution in [2.24, 2.45) is 5.92 Å². The molecule has 1 atom stereocenters. The fraction of sp³-hybridized carbons (Fsp3) is 0.833. The minimum absolute atomic E-state index is 0.189. The average Bonchev–Trinajstić information content (AvgIpc) is 1.88. The van der Waals surface area contributed by atoms with Gasteiger partial charge >= 0.3 is 5.97 Å². The Balaban J connectivity index is 3.93. The monoisotopic (exact) mass is 257 g/mol. The summed E-state index contributed by atoms with van der Waals surface area (Å²) in [5.41, 5.74) is 0. The molecule has 0 spiro atoms. The van der Waals surface area contributed by atoms with Crippen molar-refractivity contribution in [3.8, 4) is 0 Å². The molecular weight excluding hydrogens is 245 g/mol. The van der Waals surface area contributed by atoms with Gasteiger partial charge in [0, 0.05) is 22.9 Å². The summed E-state index contributed by atoms with van der Waals surface area (Å²) in [4.78, 5) is 10.9. The summed E-state index contributed by atoms with van der Waals surface area (Å²) >= 11 is 1.95. The Labute approximate surface area is 75.0 Å². The predicted molar refractivity (Wildman–Crippen MR) is 47.8 cm³/mol. The Kier molecular flexibility index (Phi) is 4.98. The van der Waals surface area contributed by atoms with E-state index in [0.717, 1.165) is 0 Å². The quantitative estimate of drug-likeness (QED) is 0.468. The average molecular weight is 257 g/mol. The van der Waals surface area contributed by atoms with Gasteiger partial charge in [0.25, 0.3) is 0 Å². The van der Waals surface area contributed by atoms with Crippen LogP contribution in [0, 0.1) is 5.92 Å². The lowest BCUT2D eigenvalue weighted by Gasteiger charge is -2.15. The third-order valence-electron chi connectivity index (χ3n) is 1.24. The van der Waals surface area contributed by atoms with Gasteiger partial charge in [-0.05, 0) is 5.92 Å². The minimum Gasteiger partial charge on any atom is -0.468 e. The number of rotatable bonds is 3. The van der Waals surface area contributed by atoms with Gasteiger partial charge in [0.05, 0.1) is 7.11 Å². The highest BCUT2D eigenvalue weighted by Crippen LogP contribution is 2.04. The minimum atomic E-state index is -0.204. The fourth-order valence-corrected chi connectivity index (χ4v) is 1.54. The lowest BCUT2D eigenvalue weighted by atomic mass is 10.1. The molecule has 0 unspecified atom stereocenters. The summed E-state index contributed by atoms with van der Waals surface area (Å²) in [7, 11) is 1.39. The van der Waals surface area contributed by atoms with E-state index in [1.165, 1.54) is 7.11 Å². The van der Waals surface area contributed by atoms with Gasteiger partial charge in [-0.3, -0.25) is 4.79 Å². The molecule has 0 bridgehead atoms. The molecule has 0 aliphatic carbocycles. The predicted octanol–water partition coefficient (Wildman–Crippen LogP) is 1.12. The van der Waals surface area contributed by atoms with Gasteiger partial charge in [0.2, 0.25) is 0 Å². The number of carbonyl (C=O) groups is 1. The van der Waals surface area contributed by atoms with E-state index >= 15 is 0 Å². The van der Waals surface area contributed by atoms with Gasteiger partial charge in [-0.2, -0.15) is 0 Å². The Morgan fingerprint density at radius 1 is 1.60 bits per heavy atom. The molecule has 0 aromatic carbocycles. The van der Waals surface area contributed by atoms with E-state index in [2.05, 4.69) is 8.27 Å². The summed E-state index contributed by atoms with van der Waals surface area (Å²) in [6.45, 7) is 3.93. The molecule has 10 heavy (non-hydrogen) atoms. The molecule has 0 aliphatic rings. The molecule has 0 radical (unpaired) electrons. The number of hydrogen-bond donors (Lipinski definition) is 1. The van der Waals surface area contributed by atoms with Gasteiger partial charge in [0.1, 0.15) is 6.04 Å². The molecule has 3 nitrogen and oxygen atoms in total. The Morgan fingerprint density at radius 3 is 2.20 bits per heavy atom. The summed E-state index contributed by atoms with van der Waals surface area (Å²) in [5.74, 6) is 0.0637. The second-order valence-electron chi connectivity index (χ2n) is 2.35. The first-order chi connectivity index (χ1) is 4.63. The summed E-state index contributed by atoms with van der Waals surface area (Å²) in [5, 5.41) is 0. The number of hydrogen-bond acceptors (Lipinski definition) is 3. The van der Waals surface area contributed by atoms with Crippen LogP contribution in [0.1, 0.15) is 13.8 Å². The number of carbonyl (C=O) groups excluding carboxylic acids is 1. The molecule has 0 saturated carbocycles. The first kappa shape index (κ1) is 10.2. The third kappa shape index (κ3) is 2.83. The van der Waals surface area contributed by atoms with Crippen LogP contribution in [-0.4, -0.2) is 19.1 Å². The maximum absolute atomic E-state index is 10.9. The van der Waals surface area contributed by atoms with E-state index in [0.29, 0.717) is 0 Å². The van der Waals surface area contributed by atoms with E-state index in [9.17, 15) is 4.79 Å². The normalized spacial score (nSPS) is 13.3. The summed E-state index contributed by atoms with van der Waals surface area (Å²) in [6.07, 6.45) is 0. The first-order valence-electron chi connectivity index (χ1n) is 3.07. The van der Waals surface area contributed by atoms with Crippen molar-refractivity contribution in [1.82, 2.24) is 3.53 Å². The van der Waals surface area contributed by atoms with E-state index in [1.807, 2.05) is 36.7 Å². The number of halogens is 1. The van der Waals surface area contributed by atoms with Crippen molar-refractivity contribution in [2.45, 2.75) is 19.9 Å². The van der Waals surface area contributed by atoms with Crippen LogP contribution in [0.5, 0.6) is 0 Å². The van der Waals surface area contributed by atoms with Gasteiger partial charge in [-0.15, -0.1) is 0 Å². The van der Waals surface area contributed by atoms with Crippen molar-refractivity contribution in [3.63, 3.8) is 0 Å². The fourth-order valence-electron chi connectivity index (χ4n) is 0.570. The molecule has 0 fully saturated rings. The molecule has 0 amide bonds. The van der Waals surface area contributed by atoms with Gasteiger partial charge < -0.3 is 4.74 Å². The molecule has 0 aromatic rings. The van der Waals surface area contributed by atoms with E-state index < -0.39 is 0 Å². The largest absolute Gasteiger partial charge is 0.468 e. The molecule has 0 aliphatic heterocycles. The van der Waals surface area contributed by atoms with Crippen molar-refractivity contribution < 1.29 is 9.53 Å². The molecule has 4 heteroatoms. The van der Waals surface area contributed by atoms with Crippen molar-refractivity contribution >= 4 is 28.8 Å². The van der Waals surface area contributed by atoms with Crippen LogP contribution in [0.4, 0.5) is 0 Å². The smallest absolute Gasteiger partial charge is 0.323 e. The summed E-state index contributed by atoms with van der Waals surface area (Å²) in [6, 6.07) is -0.189. The van der Waals surface area contributed by atoms with Crippen LogP contribution in [0.2, 0.25) is 0 Å². The second kappa shape index (κ2) is 4.90. The van der Waals surface area contributed by atoms with Crippen LogP contribution in [0.3, 0.4) is 0 Å². The Morgan fingerprint density at radius 2 is 2.10 bits per heavy atom. The highest BCUT2D eigenvalue weighted by molar-refractivity contribution is 14.1. The third-order valence-corrected chi connectivity index (χ3v) is 1.91. The van der Waals surface area contributed by atoms with E-state index in [1.54, 1.807) is 0 Å². The van der Waals surface area contributed by atoms with Crippen LogP contribution in [-0.2, 0) is 9.53 Å². The standard InChI is InChI=1S/C6H12INO2/c1-4(2)5(8-7)6(9)10-3/h4-5,8H,1-3H3/t5-/m0/s1. The molecule has 1 N–H and O–H groups in total. The Hall–Kier alpha value is 0.160. The topological polar surface area (TPSA) is 38.3 Å². The van der Waals surface area contributed by atoms with Gasteiger partial charge in [-0.25, -0.2) is 3.53 Å². The Bertz CT molecular complexity index is 116. The lowest BCUT2D eigenvalue weighted by Crippen LogP contribution is -2.36. The highest BCUT2D eigenvalue weighted by atomic mass is 127. The van der Waals surface area contributed by atoms with Crippen molar-refractivity contribution in [2.75, 3.05) is 7.11 Å².